The second-order valence-corrected chi connectivity index (χ2v) is 24.2. The Kier molecular flexibility index (Phi) is 16.7. The molecule has 5 heterocycles. The predicted octanol–water partition coefficient (Wildman–Crippen LogP) is 11.3. The highest BCUT2D eigenvalue weighted by molar-refractivity contribution is 7.22. The van der Waals surface area contributed by atoms with Crippen LogP contribution in [-0.2, 0) is 33.8 Å². The summed E-state index contributed by atoms with van der Waals surface area (Å²) in [6.45, 7) is 14.1. The van der Waals surface area contributed by atoms with Crippen molar-refractivity contribution in [2.45, 2.75) is 105 Å². The molecule has 8 aromatic rings. The van der Waals surface area contributed by atoms with Gasteiger partial charge in [-0.15, -0.1) is 11.3 Å². The average Bonchev–Trinajstić information content (AvgIpc) is 4.33. The van der Waals surface area contributed by atoms with Gasteiger partial charge in [0.05, 0.1) is 38.4 Å². The minimum atomic E-state index is -1.18. The average molecular weight is 1140 g/mol. The minimum absolute atomic E-state index is 0.0241. The molecule has 10 rings (SSSR count). The Bertz CT molecular complexity index is 3670. The zero-order valence-electron chi connectivity index (χ0n) is 46.9. The van der Waals surface area contributed by atoms with Crippen LogP contribution in [-0.4, -0.2) is 90.9 Å². The molecule has 16 nitrogen and oxygen atoms in total. The molecule has 82 heavy (non-hydrogen) atoms. The van der Waals surface area contributed by atoms with Gasteiger partial charge < -0.3 is 35.4 Å². The van der Waals surface area contributed by atoms with Crippen LogP contribution in [0.5, 0.6) is 11.5 Å². The van der Waals surface area contributed by atoms with Crippen LogP contribution in [0.1, 0.15) is 108 Å². The van der Waals surface area contributed by atoms with Gasteiger partial charge in [-0.2, -0.15) is 0 Å². The summed E-state index contributed by atoms with van der Waals surface area (Å²) in [5.41, 5.74) is 9.92. The number of aryl methyl sites for hydroxylation is 2. The third-order valence-electron chi connectivity index (χ3n) is 15.5. The first-order valence-electron chi connectivity index (χ1n) is 27.5. The summed E-state index contributed by atoms with van der Waals surface area (Å²) in [6.07, 6.45) is 0.889. The molecular formula is C64H66N8O8S2. The van der Waals surface area contributed by atoms with E-state index in [1.807, 2.05) is 168 Å². The summed E-state index contributed by atoms with van der Waals surface area (Å²) < 4.78 is 7.38. The number of nitrogens with zero attached hydrogens (tertiary/aromatic N) is 5. The summed E-state index contributed by atoms with van der Waals surface area (Å²) in [7, 11) is 0. The summed E-state index contributed by atoms with van der Waals surface area (Å²) >= 11 is 2.98. The predicted molar refractivity (Wildman–Crippen MR) is 320 cm³/mol. The first-order chi connectivity index (χ1) is 39.3. The molecule has 0 spiro atoms. The Morgan fingerprint density at radius 3 is 2.32 bits per heavy atom. The zero-order valence-corrected chi connectivity index (χ0v) is 48.5. The number of fused-ring (bicyclic) bond motifs is 2. The Hall–Kier alpha value is -8.32. The standard InChI is InChI=1S/C64H66N8O8S2/c1-36(58(74)69-57(64(5,6)7)61(77)72-33-44(73)32-51(72)60(76)66-38(3)41-22-24-43(25-23-41)56-39(4)65-35-81-56)18-19-40-20-26-45(27-21-40)80-52-16-11-13-46(37(52)2)47-28-29-54(68-55(47)62(78)79)71-31-30-42-12-10-14-48(49(42)34-71)59(75)70-63-67-50-15-8-9-17-53(50)82-63/h8-17,20-29,35-36,38,44,51,57,73H,18-19,30-34H2,1-7H3,(H,66,76)(H,69,74)(H,78,79)(H,67,70,75)/t36-,38-,44+,51-,57+/m0/s1. The number of hydrogen-bond acceptors (Lipinski definition) is 13. The zero-order chi connectivity index (χ0) is 58.0. The largest absolute Gasteiger partial charge is 0.476 e. The Labute approximate surface area is 484 Å². The molecule has 0 radical (unpaired) electrons. The first kappa shape index (κ1) is 56.9. The van der Waals surface area contributed by atoms with Crippen LogP contribution in [0.3, 0.4) is 0 Å². The van der Waals surface area contributed by atoms with Gasteiger partial charge in [0.1, 0.15) is 29.4 Å². The van der Waals surface area contributed by atoms with Crippen molar-refractivity contribution in [3.63, 3.8) is 0 Å². The number of carbonyl (C=O) groups excluding carboxylic acids is 4. The molecule has 422 valence electrons. The van der Waals surface area contributed by atoms with Crippen LogP contribution in [0.2, 0.25) is 0 Å². The quantitative estimate of drug-likeness (QED) is 0.0576. The Morgan fingerprint density at radius 2 is 1.60 bits per heavy atom. The molecule has 1 fully saturated rings. The number of carboxylic acid groups (broad SMARTS) is 1. The van der Waals surface area contributed by atoms with E-state index >= 15 is 0 Å². The number of carboxylic acids is 1. The number of para-hydroxylation sites is 1. The van der Waals surface area contributed by atoms with E-state index in [0.717, 1.165) is 54.2 Å². The molecule has 5 N–H and O–H groups in total. The van der Waals surface area contributed by atoms with E-state index in [-0.39, 0.29) is 42.4 Å². The number of aliphatic hydroxyl groups is 1. The molecule has 4 amide bonds. The second kappa shape index (κ2) is 24.0. The number of amides is 4. The van der Waals surface area contributed by atoms with E-state index in [9.17, 15) is 34.2 Å². The SMILES string of the molecule is Cc1ncsc1-c1ccc([C@H](C)NC(=O)[C@@H]2C[C@@H](O)CN2C(=O)[C@@H](NC(=O)[C@@H](C)CCc2ccc(Oc3cccc(-c4ccc(N5CCc6cccc(C(=O)Nc7nc8ccccc8s7)c6C5)nc4C(=O)O)c3C)cc2)C(C)(C)C)cc1. The third kappa shape index (κ3) is 12.4. The number of thiazole rings is 2. The maximum atomic E-state index is 14.4. The van der Waals surface area contributed by atoms with Gasteiger partial charge in [0.2, 0.25) is 17.7 Å². The van der Waals surface area contributed by atoms with Crippen LogP contribution < -0.4 is 25.6 Å². The van der Waals surface area contributed by atoms with Crippen LogP contribution in [0.15, 0.2) is 127 Å². The van der Waals surface area contributed by atoms with Crippen molar-refractivity contribution < 1.29 is 38.9 Å². The lowest BCUT2D eigenvalue weighted by Gasteiger charge is -2.36. The third-order valence-corrected chi connectivity index (χ3v) is 17.4. The van der Waals surface area contributed by atoms with Gasteiger partial charge in [-0.1, -0.05) is 112 Å². The number of pyridine rings is 1. The number of aromatic nitrogens is 3. The van der Waals surface area contributed by atoms with Crippen molar-refractivity contribution in [2.75, 3.05) is 23.3 Å². The van der Waals surface area contributed by atoms with Crippen molar-refractivity contribution in [3.05, 3.63) is 172 Å². The number of nitrogens with one attached hydrogen (secondary N) is 3. The van der Waals surface area contributed by atoms with Crippen molar-refractivity contribution in [2.24, 2.45) is 11.3 Å². The van der Waals surface area contributed by atoms with Crippen molar-refractivity contribution in [1.82, 2.24) is 30.5 Å². The smallest absolute Gasteiger partial charge is 0.355 e. The van der Waals surface area contributed by atoms with E-state index < -0.39 is 41.4 Å². The van der Waals surface area contributed by atoms with E-state index in [1.165, 1.54) is 16.2 Å². The van der Waals surface area contributed by atoms with E-state index in [0.29, 0.717) is 71.5 Å². The number of hydrogen-bond donors (Lipinski definition) is 5. The van der Waals surface area contributed by atoms with Crippen LogP contribution >= 0.6 is 22.7 Å². The number of β-amino-alcohol motifs (C(OH)–C–C–N with tert-alkyl or cyclic N) is 1. The first-order valence-corrected chi connectivity index (χ1v) is 29.2. The molecule has 0 bridgehead atoms. The molecule has 0 aliphatic carbocycles. The van der Waals surface area contributed by atoms with Gasteiger partial charge in [-0.05, 0) is 133 Å². The van der Waals surface area contributed by atoms with Crippen LogP contribution in [0.25, 0.3) is 31.8 Å². The number of benzene rings is 5. The monoisotopic (exact) mass is 1140 g/mol. The molecular weight excluding hydrogens is 1070 g/mol. The lowest BCUT2D eigenvalue weighted by atomic mass is 9.85. The number of likely N-dealkylation sites (tertiary alicyclic amines) is 1. The van der Waals surface area contributed by atoms with Gasteiger partial charge in [-0.25, -0.2) is 19.7 Å². The summed E-state index contributed by atoms with van der Waals surface area (Å²) in [5, 5.41) is 30.9. The maximum absolute atomic E-state index is 14.4. The van der Waals surface area contributed by atoms with Gasteiger partial charge >= 0.3 is 5.97 Å². The van der Waals surface area contributed by atoms with Crippen molar-refractivity contribution >= 4 is 73.4 Å². The number of rotatable bonds is 17. The van der Waals surface area contributed by atoms with Crippen LogP contribution in [0.4, 0.5) is 10.9 Å². The minimum Gasteiger partial charge on any atom is -0.476 e. The molecule has 5 atom stereocenters. The molecule has 18 heteroatoms. The van der Waals surface area contributed by atoms with Gasteiger partial charge in [-0.3, -0.25) is 24.5 Å². The van der Waals surface area contributed by atoms with E-state index in [4.69, 9.17) is 9.72 Å². The summed E-state index contributed by atoms with van der Waals surface area (Å²) in [4.78, 5) is 86.8. The highest BCUT2D eigenvalue weighted by atomic mass is 32.1. The fraction of sp³-hybridized carbons (Fsp3) is 0.312. The number of aromatic carboxylic acids is 1. The van der Waals surface area contributed by atoms with Crippen molar-refractivity contribution in [3.8, 4) is 33.1 Å². The molecule has 0 unspecified atom stereocenters. The fourth-order valence-corrected chi connectivity index (χ4v) is 12.4. The maximum Gasteiger partial charge on any atom is 0.355 e. The number of anilines is 2. The molecule has 3 aromatic heterocycles. The van der Waals surface area contributed by atoms with Gasteiger partial charge in [0, 0.05) is 43.1 Å². The molecule has 5 aromatic carbocycles. The fourth-order valence-electron chi connectivity index (χ4n) is 10.8. The number of ether oxygens (including phenoxy) is 1. The van der Waals surface area contributed by atoms with Gasteiger partial charge in [0.25, 0.3) is 5.91 Å². The molecule has 2 aliphatic heterocycles. The van der Waals surface area contributed by atoms with Crippen molar-refractivity contribution in [1.29, 1.82) is 0 Å². The lowest BCUT2D eigenvalue weighted by Crippen LogP contribution is -2.58. The highest BCUT2D eigenvalue weighted by Crippen LogP contribution is 2.37. The molecule has 0 saturated carbocycles. The number of aliphatic hydroxyl groups excluding tert-OH is 1. The van der Waals surface area contributed by atoms with E-state index in [1.54, 1.807) is 23.5 Å². The number of carbonyl (C=O) groups is 5. The van der Waals surface area contributed by atoms with Crippen LogP contribution in [0, 0.1) is 25.2 Å². The lowest BCUT2D eigenvalue weighted by molar-refractivity contribution is -0.144. The summed E-state index contributed by atoms with van der Waals surface area (Å²) in [5.74, 6) is -1.39. The highest BCUT2D eigenvalue weighted by Gasteiger charge is 2.45. The Balaban J connectivity index is 0.746. The Morgan fingerprint density at radius 1 is 0.841 bits per heavy atom. The van der Waals surface area contributed by atoms with Gasteiger partial charge in [0.15, 0.2) is 10.8 Å². The normalized spacial score (nSPS) is 16.2. The molecule has 1 saturated heterocycles. The molecule has 2 aliphatic rings. The summed E-state index contributed by atoms with van der Waals surface area (Å²) in [6, 6.07) is 35.8. The topological polar surface area (TPSA) is 216 Å². The second-order valence-electron chi connectivity index (χ2n) is 22.4. The van der Waals surface area contributed by atoms with E-state index in [2.05, 4.69) is 25.9 Å².